The van der Waals surface area contributed by atoms with Gasteiger partial charge in [0.15, 0.2) is 0 Å². The molecular formula is C15H25FNP. The Kier molecular flexibility index (Phi) is 13.4. The summed E-state index contributed by atoms with van der Waals surface area (Å²) in [6.45, 7) is 13.4. The molecule has 0 aromatic rings. The maximum absolute atomic E-state index is 13.1. The van der Waals surface area contributed by atoms with Gasteiger partial charge in [-0.15, -0.1) is 0 Å². The first-order valence-corrected chi connectivity index (χ1v) is 7.57. The Hall–Kier alpha value is -1.01. The summed E-state index contributed by atoms with van der Waals surface area (Å²) in [5.74, 6) is -0.320. The molecule has 0 radical (unpaired) electrons. The fourth-order valence-corrected chi connectivity index (χ4v) is 2.03. The van der Waals surface area contributed by atoms with Gasteiger partial charge in [0.1, 0.15) is 5.83 Å². The average Bonchev–Trinajstić information content (AvgIpc) is 2.43. The van der Waals surface area contributed by atoms with E-state index >= 15 is 0 Å². The Morgan fingerprint density at radius 3 is 2.22 bits per heavy atom. The van der Waals surface area contributed by atoms with E-state index in [-0.39, 0.29) is 5.83 Å². The monoisotopic (exact) mass is 269 g/mol. The molecule has 0 saturated heterocycles. The van der Waals surface area contributed by atoms with E-state index in [1.54, 1.807) is 7.05 Å². The maximum atomic E-state index is 13.1. The standard InChI is InChI=1S/C13H19FNP.C2H6/c1-6-11(8-12(14)7-2)10(3)13(16-5)9-15-4;1-2/h6-9,16H,2H2,1,3-5H3;1-2H3/b11-6+,12-8+,13-10-,15-9?;. The number of nitrogens with zero attached hydrogens (tertiary/aromatic N) is 1. The molecule has 0 amide bonds. The highest BCUT2D eigenvalue weighted by Crippen LogP contribution is 2.26. The van der Waals surface area contributed by atoms with Crippen LogP contribution in [0.2, 0.25) is 0 Å². The van der Waals surface area contributed by atoms with Crippen molar-refractivity contribution in [3.05, 3.63) is 47.1 Å². The molecule has 3 heteroatoms. The van der Waals surface area contributed by atoms with Crippen LogP contribution in [-0.4, -0.2) is 19.9 Å². The van der Waals surface area contributed by atoms with E-state index in [1.165, 1.54) is 12.2 Å². The second kappa shape index (κ2) is 12.4. The lowest BCUT2D eigenvalue weighted by Crippen LogP contribution is -1.89. The summed E-state index contributed by atoms with van der Waals surface area (Å²) in [5, 5.41) is 1.14. The molecule has 0 rings (SSSR count). The molecule has 0 bridgehead atoms. The van der Waals surface area contributed by atoms with Crippen molar-refractivity contribution in [3.8, 4) is 0 Å². The third-order valence-corrected chi connectivity index (χ3v) is 3.21. The third kappa shape index (κ3) is 7.34. The molecule has 0 saturated carbocycles. The number of halogens is 1. The van der Waals surface area contributed by atoms with Gasteiger partial charge >= 0.3 is 0 Å². The van der Waals surface area contributed by atoms with E-state index in [0.29, 0.717) is 8.58 Å². The van der Waals surface area contributed by atoms with Gasteiger partial charge in [-0.1, -0.05) is 35.1 Å². The molecule has 0 aromatic heterocycles. The molecule has 0 N–H and O–H groups in total. The van der Waals surface area contributed by atoms with Crippen molar-refractivity contribution in [2.24, 2.45) is 4.99 Å². The minimum Gasteiger partial charge on any atom is -0.296 e. The third-order valence-electron chi connectivity index (χ3n) is 2.16. The minimum absolute atomic E-state index is 0.320. The summed E-state index contributed by atoms with van der Waals surface area (Å²) in [5.41, 5.74) is 1.94. The molecule has 0 aromatic carbocycles. The van der Waals surface area contributed by atoms with Gasteiger partial charge in [-0.25, -0.2) is 4.39 Å². The van der Waals surface area contributed by atoms with Gasteiger partial charge < -0.3 is 0 Å². The van der Waals surface area contributed by atoms with Crippen LogP contribution in [0.1, 0.15) is 27.7 Å². The van der Waals surface area contributed by atoms with Crippen LogP contribution in [0.5, 0.6) is 0 Å². The molecule has 1 nitrogen and oxygen atoms in total. The summed E-state index contributed by atoms with van der Waals surface area (Å²) in [6.07, 6.45) is 6.42. The summed E-state index contributed by atoms with van der Waals surface area (Å²) in [4.78, 5) is 4.01. The zero-order chi connectivity index (χ0) is 14.6. The van der Waals surface area contributed by atoms with Crippen molar-refractivity contribution >= 4 is 14.8 Å². The number of hydrogen-bond acceptors (Lipinski definition) is 1. The van der Waals surface area contributed by atoms with Gasteiger partial charge in [-0.05, 0) is 49.1 Å². The van der Waals surface area contributed by atoms with Crippen LogP contribution in [0, 0.1) is 0 Å². The SMILES string of the molecule is C=C\C(F)=C/C(=C\C)C(/C)=C(/C=NC)PC.CC. The lowest BCUT2D eigenvalue weighted by Gasteiger charge is -2.07. The first kappa shape index (κ1) is 19.3. The Balaban J connectivity index is 0. The van der Waals surface area contributed by atoms with Crippen molar-refractivity contribution in [1.29, 1.82) is 0 Å². The highest BCUT2D eigenvalue weighted by Gasteiger charge is 2.02. The van der Waals surface area contributed by atoms with Crippen molar-refractivity contribution in [2.45, 2.75) is 27.7 Å². The maximum Gasteiger partial charge on any atom is 0.123 e. The summed E-state index contributed by atoms with van der Waals surface area (Å²) in [7, 11) is 2.38. The molecule has 1 unspecified atom stereocenters. The lowest BCUT2D eigenvalue weighted by atomic mass is 10.1. The van der Waals surface area contributed by atoms with Gasteiger partial charge in [0, 0.05) is 13.3 Å². The molecule has 1 atom stereocenters. The second-order valence-corrected chi connectivity index (χ2v) is 4.19. The predicted octanol–water partition coefficient (Wildman–Crippen LogP) is 5.28. The number of rotatable bonds is 5. The number of aliphatic imine (C=N–C) groups is 1. The number of hydrogen-bond donors (Lipinski definition) is 0. The Morgan fingerprint density at radius 1 is 1.33 bits per heavy atom. The first-order valence-electron chi connectivity index (χ1n) is 6.07. The fourth-order valence-electron chi connectivity index (χ4n) is 1.25. The van der Waals surface area contributed by atoms with Crippen LogP contribution in [-0.2, 0) is 0 Å². The highest BCUT2D eigenvalue weighted by molar-refractivity contribution is 7.43. The van der Waals surface area contributed by atoms with Gasteiger partial charge in [-0.2, -0.15) is 0 Å². The lowest BCUT2D eigenvalue weighted by molar-refractivity contribution is 0.666. The second-order valence-electron chi connectivity index (χ2n) is 3.15. The molecule has 18 heavy (non-hydrogen) atoms. The van der Waals surface area contributed by atoms with Gasteiger partial charge in [0.05, 0.1) is 0 Å². The fraction of sp³-hybridized carbons (Fsp3) is 0.400. The molecule has 0 aliphatic rings. The van der Waals surface area contributed by atoms with Crippen molar-refractivity contribution < 1.29 is 4.39 Å². The summed E-state index contributed by atoms with van der Waals surface area (Å²) >= 11 is 0. The molecular weight excluding hydrogens is 244 g/mol. The van der Waals surface area contributed by atoms with Crippen LogP contribution in [0.25, 0.3) is 0 Å². The zero-order valence-corrected chi connectivity index (χ0v) is 13.3. The van der Waals surface area contributed by atoms with Crippen LogP contribution in [0.15, 0.2) is 52.1 Å². The minimum atomic E-state index is -0.320. The van der Waals surface area contributed by atoms with Crippen molar-refractivity contribution in [1.82, 2.24) is 0 Å². The van der Waals surface area contributed by atoms with Crippen LogP contribution in [0.3, 0.4) is 0 Å². The van der Waals surface area contributed by atoms with Crippen LogP contribution >= 0.6 is 8.58 Å². The van der Waals surface area contributed by atoms with Gasteiger partial charge in [0.2, 0.25) is 0 Å². The predicted molar refractivity (Wildman–Crippen MR) is 85.8 cm³/mol. The molecule has 0 heterocycles. The largest absolute Gasteiger partial charge is 0.296 e. The van der Waals surface area contributed by atoms with E-state index in [2.05, 4.69) is 18.2 Å². The van der Waals surface area contributed by atoms with Crippen LogP contribution < -0.4 is 0 Å². The topological polar surface area (TPSA) is 12.4 Å². The van der Waals surface area contributed by atoms with E-state index < -0.39 is 0 Å². The van der Waals surface area contributed by atoms with Crippen molar-refractivity contribution in [3.63, 3.8) is 0 Å². The van der Waals surface area contributed by atoms with E-state index in [1.807, 2.05) is 40.0 Å². The van der Waals surface area contributed by atoms with Gasteiger partial charge in [0.25, 0.3) is 0 Å². The molecule has 0 spiro atoms. The molecule has 102 valence electrons. The molecule has 0 fully saturated rings. The Labute approximate surface area is 113 Å². The quantitative estimate of drug-likeness (QED) is 0.366. The van der Waals surface area contributed by atoms with Crippen LogP contribution in [0.4, 0.5) is 4.39 Å². The average molecular weight is 269 g/mol. The zero-order valence-electron chi connectivity index (χ0n) is 12.3. The van der Waals surface area contributed by atoms with Gasteiger partial charge in [-0.3, -0.25) is 4.99 Å². The van der Waals surface area contributed by atoms with E-state index in [9.17, 15) is 4.39 Å². The highest BCUT2D eigenvalue weighted by atomic mass is 31.1. The molecule has 0 aliphatic carbocycles. The van der Waals surface area contributed by atoms with E-state index in [0.717, 1.165) is 16.5 Å². The summed E-state index contributed by atoms with van der Waals surface area (Å²) in [6, 6.07) is 0. The first-order chi connectivity index (χ1) is 8.60. The Bertz CT molecular complexity index is 363. The molecule has 0 aliphatic heterocycles. The Morgan fingerprint density at radius 2 is 1.89 bits per heavy atom. The normalized spacial score (nSPS) is 14.6. The smallest absolute Gasteiger partial charge is 0.123 e. The van der Waals surface area contributed by atoms with E-state index in [4.69, 9.17) is 0 Å². The summed E-state index contributed by atoms with van der Waals surface area (Å²) < 4.78 is 13.1. The van der Waals surface area contributed by atoms with Crippen molar-refractivity contribution in [2.75, 3.05) is 13.7 Å². The number of allylic oxidation sites excluding steroid dienone is 7.